The molecule has 0 aliphatic heterocycles. The first-order chi connectivity index (χ1) is 12.9. The molecule has 0 bridgehead atoms. The van der Waals surface area contributed by atoms with Crippen LogP contribution in [-0.4, -0.2) is 31.5 Å². The van der Waals surface area contributed by atoms with E-state index in [1.54, 1.807) is 31.2 Å². The minimum atomic E-state index is -0.728. The Hall–Kier alpha value is -2.87. The van der Waals surface area contributed by atoms with Gasteiger partial charge >= 0.3 is 5.97 Å². The molecule has 2 amide bonds. The molecule has 7 nitrogen and oxygen atoms in total. The highest BCUT2D eigenvalue weighted by molar-refractivity contribution is 7.18. The summed E-state index contributed by atoms with van der Waals surface area (Å²) in [6.45, 7) is 4.28. The molecule has 2 aromatic rings. The lowest BCUT2D eigenvalue weighted by Crippen LogP contribution is -2.17. The topological polar surface area (TPSA) is 108 Å². The molecule has 0 fully saturated rings. The molecule has 0 aliphatic carbocycles. The smallest absolute Gasteiger partial charge is 0.348 e. The third kappa shape index (κ3) is 4.85. The van der Waals surface area contributed by atoms with E-state index >= 15 is 0 Å². The average molecular weight is 390 g/mol. The number of nitrogens with two attached hydrogens (primary N) is 1. The minimum absolute atomic E-state index is 0.105. The number of rotatable bonds is 8. The number of thiophene rings is 1. The number of carbonyl (C=O) groups excluding carboxylic acids is 3. The van der Waals surface area contributed by atoms with E-state index in [2.05, 4.69) is 12.2 Å². The van der Waals surface area contributed by atoms with Crippen LogP contribution in [0.4, 0.5) is 5.00 Å². The zero-order valence-electron chi connectivity index (χ0n) is 15.5. The summed E-state index contributed by atoms with van der Waals surface area (Å²) in [5.41, 5.74) is 6.29. The molecule has 144 valence electrons. The Morgan fingerprint density at radius 1 is 1.19 bits per heavy atom. The summed E-state index contributed by atoms with van der Waals surface area (Å²) in [5, 5.41) is 2.87. The predicted octanol–water partition coefficient (Wildman–Crippen LogP) is 3.37. The van der Waals surface area contributed by atoms with Crippen LogP contribution >= 0.6 is 11.3 Å². The number of methoxy groups -OCH3 is 1. The second-order valence-electron chi connectivity index (χ2n) is 5.80. The lowest BCUT2D eigenvalue weighted by atomic mass is 10.1. The number of unbranched alkanes of at least 4 members (excludes halogenated alkanes) is 1. The van der Waals surface area contributed by atoms with Crippen molar-refractivity contribution in [3.05, 3.63) is 45.8 Å². The molecule has 1 aromatic carbocycles. The van der Waals surface area contributed by atoms with Crippen LogP contribution in [0.2, 0.25) is 0 Å². The zero-order valence-corrected chi connectivity index (χ0v) is 16.3. The normalized spacial score (nSPS) is 10.3. The van der Waals surface area contributed by atoms with Crippen LogP contribution in [-0.2, 0) is 4.74 Å². The highest BCUT2D eigenvalue weighted by Gasteiger charge is 2.25. The highest BCUT2D eigenvalue weighted by Crippen LogP contribution is 2.33. The first-order valence-electron chi connectivity index (χ1n) is 8.44. The van der Waals surface area contributed by atoms with Crippen molar-refractivity contribution in [2.75, 3.05) is 19.0 Å². The molecular formula is C19H22N2O5S. The molecule has 0 saturated heterocycles. The van der Waals surface area contributed by atoms with Gasteiger partial charge in [-0.25, -0.2) is 4.79 Å². The summed E-state index contributed by atoms with van der Waals surface area (Å²) in [5.74, 6) is -1.06. The van der Waals surface area contributed by atoms with E-state index in [1.165, 1.54) is 7.11 Å². The van der Waals surface area contributed by atoms with Crippen LogP contribution in [0.5, 0.6) is 5.75 Å². The van der Waals surface area contributed by atoms with E-state index in [-0.39, 0.29) is 15.4 Å². The Balaban J connectivity index is 2.20. The van der Waals surface area contributed by atoms with Crippen LogP contribution in [0.25, 0.3) is 0 Å². The molecule has 1 heterocycles. The average Bonchev–Trinajstić information content (AvgIpc) is 2.98. The Bertz CT molecular complexity index is 843. The van der Waals surface area contributed by atoms with Gasteiger partial charge in [-0.15, -0.1) is 11.3 Å². The molecular weight excluding hydrogens is 368 g/mol. The number of hydrogen-bond donors (Lipinski definition) is 2. The van der Waals surface area contributed by atoms with E-state index in [9.17, 15) is 14.4 Å². The zero-order chi connectivity index (χ0) is 20.0. The van der Waals surface area contributed by atoms with Crippen LogP contribution in [0.15, 0.2) is 24.3 Å². The third-order valence-corrected chi connectivity index (χ3v) is 5.06. The van der Waals surface area contributed by atoms with Gasteiger partial charge in [0, 0.05) is 5.56 Å². The molecule has 0 atom stereocenters. The van der Waals surface area contributed by atoms with Crippen molar-refractivity contribution in [1.82, 2.24) is 0 Å². The third-order valence-electron chi connectivity index (χ3n) is 3.87. The van der Waals surface area contributed by atoms with E-state index in [4.69, 9.17) is 15.2 Å². The number of carbonyl (C=O) groups is 3. The van der Waals surface area contributed by atoms with Crippen molar-refractivity contribution in [2.45, 2.75) is 26.7 Å². The fraction of sp³-hybridized carbons (Fsp3) is 0.316. The quantitative estimate of drug-likeness (QED) is 0.531. The van der Waals surface area contributed by atoms with Gasteiger partial charge in [-0.1, -0.05) is 13.3 Å². The Labute approximate surface area is 161 Å². The monoisotopic (exact) mass is 390 g/mol. The number of nitrogens with one attached hydrogen (secondary N) is 1. The van der Waals surface area contributed by atoms with Gasteiger partial charge in [-0.3, -0.25) is 9.59 Å². The van der Waals surface area contributed by atoms with E-state index in [1.807, 2.05) is 0 Å². The van der Waals surface area contributed by atoms with Gasteiger partial charge < -0.3 is 20.5 Å². The number of hydrogen-bond acceptors (Lipinski definition) is 6. The van der Waals surface area contributed by atoms with Crippen LogP contribution in [0, 0.1) is 6.92 Å². The summed E-state index contributed by atoms with van der Waals surface area (Å²) in [6, 6.07) is 6.67. The van der Waals surface area contributed by atoms with E-state index in [0.717, 1.165) is 24.2 Å². The lowest BCUT2D eigenvalue weighted by molar-refractivity contribution is 0.0605. The molecule has 1 aromatic heterocycles. The van der Waals surface area contributed by atoms with Gasteiger partial charge in [0.05, 0.1) is 19.3 Å². The van der Waals surface area contributed by atoms with Crippen molar-refractivity contribution in [3.8, 4) is 5.75 Å². The summed E-state index contributed by atoms with van der Waals surface area (Å²) < 4.78 is 10.3. The van der Waals surface area contributed by atoms with Crippen LogP contribution < -0.4 is 15.8 Å². The maximum Gasteiger partial charge on any atom is 0.348 e. The van der Waals surface area contributed by atoms with Gasteiger partial charge in [0.2, 0.25) is 0 Å². The molecule has 8 heteroatoms. The largest absolute Gasteiger partial charge is 0.494 e. The first-order valence-corrected chi connectivity index (χ1v) is 9.26. The molecule has 0 unspecified atom stereocenters. The number of anilines is 1. The summed E-state index contributed by atoms with van der Waals surface area (Å²) in [6.07, 6.45) is 1.99. The van der Waals surface area contributed by atoms with Gasteiger partial charge in [0.15, 0.2) is 0 Å². The number of ether oxygens (including phenoxy) is 2. The molecule has 0 aliphatic rings. The molecule has 2 rings (SSSR count). The number of benzene rings is 1. The molecule has 3 N–H and O–H groups in total. The lowest BCUT2D eigenvalue weighted by Gasteiger charge is -2.07. The molecule has 0 radical (unpaired) electrons. The van der Waals surface area contributed by atoms with Gasteiger partial charge in [0.1, 0.15) is 15.6 Å². The summed E-state index contributed by atoms with van der Waals surface area (Å²) >= 11 is 0.955. The highest BCUT2D eigenvalue weighted by atomic mass is 32.1. The number of esters is 1. The van der Waals surface area contributed by atoms with Gasteiger partial charge in [-0.2, -0.15) is 0 Å². The summed E-state index contributed by atoms with van der Waals surface area (Å²) in [7, 11) is 1.24. The van der Waals surface area contributed by atoms with Crippen molar-refractivity contribution < 1.29 is 23.9 Å². The van der Waals surface area contributed by atoms with Crippen LogP contribution in [0.1, 0.15) is 55.7 Å². The van der Waals surface area contributed by atoms with Crippen molar-refractivity contribution in [2.24, 2.45) is 5.73 Å². The molecule has 27 heavy (non-hydrogen) atoms. The van der Waals surface area contributed by atoms with E-state index in [0.29, 0.717) is 23.5 Å². The fourth-order valence-electron chi connectivity index (χ4n) is 2.40. The predicted molar refractivity (Wildman–Crippen MR) is 104 cm³/mol. The minimum Gasteiger partial charge on any atom is -0.494 e. The van der Waals surface area contributed by atoms with Crippen molar-refractivity contribution in [1.29, 1.82) is 0 Å². The molecule has 0 saturated carbocycles. The number of amides is 2. The van der Waals surface area contributed by atoms with E-state index < -0.39 is 17.8 Å². The second-order valence-corrected chi connectivity index (χ2v) is 6.82. The Morgan fingerprint density at radius 2 is 1.85 bits per heavy atom. The maximum absolute atomic E-state index is 12.5. The van der Waals surface area contributed by atoms with Gasteiger partial charge in [0.25, 0.3) is 11.8 Å². The fourth-order valence-corrected chi connectivity index (χ4v) is 3.52. The second kappa shape index (κ2) is 9.18. The summed E-state index contributed by atoms with van der Waals surface area (Å²) in [4.78, 5) is 36.3. The molecule has 0 spiro atoms. The first kappa shape index (κ1) is 20.4. The van der Waals surface area contributed by atoms with Crippen molar-refractivity contribution >= 4 is 34.1 Å². The SMILES string of the molecule is CCCCOc1ccc(C(=O)Nc2sc(C(=O)OC)c(C)c2C(N)=O)cc1. The van der Waals surface area contributed by atoms with Crippen LogP contribution in [0.3, 0.4) is 0 Å². The van der Waals surface area contributed by atoms with Gasteiger partial charge in [-0.05, 0) is 43.2 Å². The Morgan fingerprint density at radius 3 is 2.41 bits per heavy atom. The standard InChI is InChI=1S/C19H22N2O5S/c1-4-5-10-26-13-8-6-12(7-9-13)17(23)21-18-14(16(20)22)11(2)15(27-18)19(24)25-3/h6-9H,4-5,10H2,1-3H3,(H2,20,22)(H,21,23). The Kier molecular flexibility index (Phi) is 6.95. The van der Waals surface area contributed by atoms with Crippen molar-refractivity contribution in [3.63, 3.8) is 0 Å². The number of primary amides is 1. The maximum atomic E-state index is 12.5.